The van der Waals surface area contributed by atoms with E-state index >= 15 is 0 Å². The van der Waals surface area contributed by atoms with E-state index in [0.29, 0.717) is 0 Å². The van der Waals surface area contributed by atoms with Crippen LogP contribution in [-0.4, -0.2) is 19.8 Å². The van der Waals surface area contributed by atoms with Crippen molar-refractivity contribution in [3.63, 3.8) is 0 Å². The third kappa shape index (κ3) is 2.66. The maximum atomic E-state index is 10.7. The van der Waals surface area contributed by atoms with Gasteiger partial charge in [0, 0.05) is 0 Å². The third-order valence-electron chi connectivity index (χ3n) is 1.28. The van der Waals surface area contributed by atoms with E-state index in [9.17, 15) is 4.79 Å². The first-order chi connectivity index (χ1) is 4.09. The molecule has 1 unspecified atom stereocenters. The van der Waals surface area contributed by atoms with Crippen molar-refractivity contribution in [2.24, 2.45) is 5.92 Å². The van der Waals surface area contributed by atoms with Gasteiger partial charge in [-0.2, -0.15) is 0 Å². The van der Waals surface area contributed by atoms with Crippen LogP contribution in [-0.2, 0) is 4.79 Å². The van der Waals surface area contributed by atoms with Crippen LogP contribution in [0.5, 0.6) is 0 Å². The zero-order valence-electron chi connectivity index (χ0n) is 6.14. The van der Waals surface area contributed by atoms with Crippen LogP contribution in [0.2, 0.25) is 0 Å². The Kier molecular flexibility index (Phi) is 3.55. The summed E-state index contributed by atoms with van der Waals surface area (Å²) in [5.74, 6) is 0.361. The Morgan fingerprint density at radius 3 is 2.00 bits per heavy atom. The number of Topliss-reactive ketones (excluding diaryl/α,β-unsaturated/α-hetero) is 1. The van der Waals surface area contributed by atoms with Gasteiger partial charge in [-0.05, 0) is 12.8 Å². The molecule has 0 aliphatic rings. The molecule has 0 rings (SSSR count). The van der Waals surface area contributed by atoms with Crippen molar-refractivity contribution in [3.05, 3.63) is 0 Å². The maximum Gasteiger partial charge on any atom is 0.178 e. The maximum absolute atomic E-state index is 10.7. The first-order valence-corrected chi connectivity index (χ1v) is 3.06. The fraction of sp³-hybridized carbons (Fsp3) is 0.833. The first kappa shape index (κ1) is 8.69. The molecule has 0 aromatic rings. The monoisotopic (exact) mass is 125 g/mol. The number of carbonyl (C=O) groups is 1. The van der Waals surface area contributed by atoms with E-state index in [1.165, 1.54) is 6.92 Å². The second kappa shape index (κ2) is 3.67. The molecule has 0 aliphatic heterocycles. The number of hydrogen-bond acceptors (Lipinski definition) is 2. The average Bonchev–Trinajstić information content (AvgIpc) is 1.64. The molecule has 0 heterocycles. The van der Waals surface area contributed by atoms with E-state index in [4.69, 9.17) is 7.98 Å². The molecule has 1 atom stereocenters. The van der Waals surface area contributed by atoms with Crippen molar-refractivity contribution in [1.82, 2.24) is 5.23 Å². The summed E-state index contributed by atoms with van der Waals surface area (Å²) in [5.41, 5.74) is 0. The van der Waals surface area contributed by atoms with Gasteiger partial charge in [0.1, 0.15) is 5.78 Å². The van der Waals surface area contributed by atoms with Crippen molar-refractivity contribution in [3.8, 4) is 0 Å². The fourth-order valence-corrected chi connectivity index (χ4v) is 0.779. The molecular weight excluding hydrogens is 113 g/mol. The summed E-state index contributed by atoms with van der Waals surface area (Å²) in [6, 6.07) is -0.190. The van der Waals surface area contributed by atoms with Gasteiger partial charge in [-0.25, -0.2) is 0 Å². The van der Waals surface area contributed by atoms with Gasteiger partial charge in [-0.1, -0.05) is 13.8 Å². The summed E-state index contributed by atoms with van der Waals surface area (Å²) in [5, 5.41) is 2.45. The summed E-state index contributed by atoms with van der Waals surface area (Å²) in [4.78, 5) is 10.7. The molecular formula is C6H12BNO. The van der Waals surface area contributed by atoms with Crippen LogP contribution in [0.1, 0.15) is 20.8 Å². The molecule has 0 aromatic heterocycles. The van der Waals surface area contributed by atoms with Crippen LogP contribution in [0.3, 0.4) is 0 Å². The Bertz CT molecular complexity index is 103. The van der Waals surface area contributed by atoms with Gasteiger partial charge in [0.25, 0.3) is 0 Å². The molecule has 0 aromatic carbocycles. The molecule has 2 nitrogen and oxygen atoms in total. The fourth-order valence-electron chi connectivity index (χ4n) is 0.779. The predicted molar refractivity (Wildman–Crippen MR) is 38.2 cm³/mol. The standard InChI is InChI=1S/C6H12BNO/c1-4(2)6(8-7)5(3)9/h4,6,8H,1-3H3. The van der Waals surface area contributed by atoms with Crippen LogP contribution in [0, 0.1) is 5.92 Å². The van der Waals surface area contributed by atoms with Crippen molar-refractivity contribution in [1.29, 1.82) is 0 Å². The van der Waals surface area contributed by atoms with Gasteiger partial charge in [-0.15, -0.1) is 0 Å². The molecule has 50 valence electrons. The molecule has 0 fully saturated rings. The molecule has 1 N–H and O–H groups in total. The Hall–Kier alpha value is -0.305. The van der Waals surface area contributed by atoms with Crippen LogP contribution in [0.4, 0.5) is 0 Å². The van der Waals surface area contributed by atoms with Gasteiger partial charge in [0.2, 0.25) is 0 Å². The van der Waals surface area contributed by atoms with E-state index in [2.05, 4.69) is 5.23 Å². The normalized spacial score (nSPS) is 13.8. The van der Waals surface area contributed by atoms with Crippen molar-refractivity contribution in [2.75, 3.05) is 0 Å². The summed E-state index contributed by atoms with van der Waals surface area (Å²) >= 11 is 0. The largest absolute Gasteiger partial charge is 0.357 e. The highest BCUT2D eigenvalue weighted by Crippen LogP contribution is 2.00. The van der Waals surface area contributed by atoms with E-state index in [1.807, 2.05) is 13.8 Å². The van der Waals surface area contributed by atoms with Gasteiger partial charge in [0.15, 0.2) is 7.98 Å². The predicted octanol–water partition coefficient (Wildman–Crippen LogP) is 0.273. The topological polar surface area (TPSA) is 29.1 Å². The zero-order chi connectivity index (χ0) is 7.44. The van der Waals surface area contributed by atoms with Crippen LogP contribution >= 0.6 is 0 Å². The average molecular weight is 125 g/mol. The Morgan fingerprint density at radius 1 is 1.56 bits per heavy atom. The highest BCUT2D eigenvalue weighted by atomic mass is 16.1. The van der Waals surface area contributed by atoms with E-state index in [0.717, 1.165) is 0 Å². The van der Waals surface area contributed by atoms with Gasteiger partial charge in [0.05, 0.1) is 6.04 Å². The summed E-state index contributed by atoms with van der Waals surface area (Å²) in [7, 11) is 5.10. The van der Waals surface area contributed by atoms with E-state index < -0.39 is 0 Å². The molecule has 3 heteroatoms. The van der Waals surface area contributed by atoms with Crippen molar-refractivity contribution >= 4 is 13.8 Å². The lowest BCUT2D eigenvalue weighted by Gasteiger charge is -2.16. The lowest BCUT2D eigenvalue weighted by Crippen LogP contribution is -2.37. The molecule has 9 heavy (non-hydrogen) atoms. The third-order valence-corrected chi connectivity index (χ3v) is 1.28. The highest BCUT2D eigenvalue weighted by Gasteiger charge is 2.13. The lowest BCUT2D eigenvalue weighted by atomic mass is 9.99. The van der Waals surface area contributed by atoms with Crippen molar-refractivity contribution < 1.29 is 4.79 Å². The highest BCUT2D eigenvalue weighted by molar-refractivity contribution is 6.06. The number of ketones is 1. The Balaban J connectivity index is 3.83. The molecule has 2 radical (unpaired) electrons. The minimum absolute atomic E-state index is 0.0903. The molecule has 0 saturated carbocycles. The minimum Gasteiger partial charge on any atom is -0.357 e. The second-order valence-corrected chi connectivity index (χ2v) is 2.50. The zero-order valence-corrected chi connectivity index (χ0v) is 6.14. The minimum atomic E-state index is -0.190. The van der Waals surface area contributed by atoms with Gasteiger partial charge in [-0.3, -0.25) is 4.79 Å². The molecule has 0 bridgehead atoms. The van der Waals surface area contributed by atoms with Crippen LogP contribution in [0.15, 0.2) is 0 Å². The molecule has 0 saturated heterocycles. The van der Waals surface area contributed by atoms with E-state index in [-0.39, 0.29) is 17.7 Å². The molecule has 0 spiro atoms. The summed E-state index contributed by atoms with van der Waals surface area (Å²) in [6.07, 6.45) is 0. The van der Waals surface area contributed by atoms with E-state index in [1.54, 1.807) is 0 Å². The first-order valence-electron chi connectivity index (χ1n) is 3.06. The van der Waals surface area contributed by atoms with Crippen LogP contribution < -0.4 is 5.23 Å². The number of nitrogens with one attached hydrogen (secondary N) is 1. The Morgan fingerprint density at radius 2 is 2.00 bits per heavy atom. The van der Waals surface area contributed by atoms with Gasteiger partial charge >= 0.3 is 0 Å². The Labute approximate surface area is 57.4 Å². The SMILES string of the molecule is [B]NC(C(C)=O)C(C)C. The second-order valence-electron chi connectivity index (χ2n) is 2.50. The number of carbonyl (C=O) groups excluding carboxylic acids is 1. The lowest BCUT2D eigenvalue weighted by molar-refractivity contribution is -0.119. The molecule has 0 aliphatic carbocycles. The summed E-state index contributed by atoms with van der Waals surface area (Å²) in [6.45, 7) is 5.43. The van der Waals surface area contributed by atoms with Crippen molar-refractivity contribution in [2.45, 2.75) is 26.8 Å². The molecule has 0 amide bonds. The van der Waals surface area contributed by atoms with Crippen LogP contribution in [0.25, 0.3) is 0 Å². The smallest absolute Gasteiger partial charge is 0.178 e. The number of hydrogen-bond donors (Lipinski definition) is 1. The quantitative estimate of drug-likeness (QED) is 0.548. The number of rotatable bonds is 3. The van der Waals surface area contributed by atoms with Gasteiger partial charge < -0.3 is 5.23 Å². The summed E-state index contributed by atoms with van der Waals surface area (Å²) < 4.78 is 0.